The minimum Gasteiger partial charge on any atom is -0.264 e. The molecule has 15 heavy (non-hydrogen) atoms. The van der Waals surface area contributed by atoms with Gasteiger partial charge in [0.2, 0.25) is 0 Å². The number of nitrogens with zero attached hydrogens (tertiary/aromatic N) is 1. The lowest BCUT2D eigenvalue weighted by atomic mass is 9.84. The van der Waals surface area contributed by atoms with Crippen LogP contribution in [0.25, 0.3) is 10.8 Å². The fraction of sp³-hybridized carbons (Fsp3) is 0.308. The molecule has 0 radical (unpaired) electrons. The standard InChI is InChI=1S/C13H14FN/c1-13(2,3)11-4-5-12(14)9-6-7-15-8-10(9)11/h4-8H,1-3H3. The highest BCUT2D eigenvalue weighted by molar-refractivity contribution is 5.86. The van der Waals surface area contributed by atoms with Gasteiger partial charge in [-0.3, -0.25) is 4.98 Å². The Bertz CT molecular complexity index is 497. The number of hydrogen-bond acceptors (Lipinski definition) is 1. The zero-order valence-electron chi connectivity index (χ0n) is 9.21. The third kappa shape index (κ3) is 1.72. The van der Waals surface area contributed by atoms with Crippen molar-refractivity contribution in [3.05, 3.63) is 42.0 Å². The van der Waals surface area contributed by atoms with Gasteiger partial charge >= 0.3 is 0 Å². The maximum atomic E-state index is 13.5. The van der Waals surface area contributed by atoms with E-state index in [2.05, 4.69) is 25.8 Å². The van der Waals surface area contributed by atoms with E-state index in [-0.39, 0.29) is 11.2 Å². The molecule has 78 valence electrons. The molecule has 0 saturated carbocycles. The molecule has 0 amide bonds. The molecule has 0 unspecified atom stereocenters. The molecule has 0 aliphatic rings. The summed E-state index contributed by atoms with van der Waals surface area (Å²) in [6, 6.07) is 5.10. The quantitative estimate of drug-likeness (QED) is 0.636. The van der Waals surface area contributed by atoms with E-state index in [0.717, 1.165) is 10.9 Å². The molecule has 2 heteroatoms. The molecular formula is C13H14FN. The topological polar surface area (TPSA) is 12.9 Å². The number of fused-ring (bicyclic) bond motifs is 1. The summed E-state index contributed by atoms with van der Waals surface area (Å²) in [6.45, 7) is 6.35. The van der Waals surface area contributed by atoms with E-state index in [1.54, 1.807) is 18.5 Å². The van der Waals surface area contributed by atoms with Crippen molar-refractivity contribution in [2.45, 2.75) is 26.2 Å². The van der Waals surface area contributed by atoms with E-state index in [9.17, 15) is 4.39 Å². The van der Waals surface area contributed by atoms with Gasteiger partial charge in [0.15, 0.2) is 0 Å². The SMILES string of the molecule is CC(C)(C)c1ccc(F)c2ccncc12. The van der Waals surface area contributed by atoms with Gasteiger partial charge in [-0.15, -0.1) is 0 Å². The Morgan fingerprint density at radius 1 is 1.07 bits per heavy atom. The highest BCUT2D eigenvalue weighted by Crippen LogP contribution is 2.30. The van der Waals surface area contributed by atoms with Gasteiger partial charge in [0.1, 0.15) is 5.82 Å². The molecule has 2 aromatic rings. The number of pyridine rings is 1. The first-order valence-electron chi connectivity index (χ1n) is 5.03. The minimum absolute atomic E-state index is 0.00891. The van der Waals surface area contributed by atoms with E-state index in [1.165, 1.54) is 6.07 Å². The normalized spacial score (nSPS) is 12.0. The molecule has 0 fully saturated rings. The van der Waals surface area contributed by atoms with Crippen LogP contribution in [0, 0.1) is 5.82 Å². The summed E-state index contributed by atoms with van der Waals surface area (Å²) in [5.41, 5.74) is 1.14. The van der Waals surface area contributed by atoms with Crippen LogP contribution < -0.4 is 0 Å². The molecule has 0 atom stereocenters. The first kappa shape index (κ1) is 10.1. The van der Waals surface area contributed by atoms with E-state index < -0.39 is 0 Å². The lowest BCUT2D eigenvalue weighted by Crippen LogP contribution is -2.12. The van der Waals surface area contributed by atoms with Gasteiger partial charge in [-0.05, 0) is 23.1 Å². The van der Waals surface area contributed by atoms with E-state index >= 15 is 0 Å². The Morgan fingerprint density at radius 2 is 1.80 bits per heavy atom. The first-order chi connectivity index (χ1) is 7.00. The molecule has 0 aliphatic carbocycles. The average Bonchev–Trinajstić information content (AvgIpc) is 2.17. The predicted octanol–water partition coefficient (Wildman–Crippen LogP) is 3.67. The number of benzene rings is 1. The van der Waals surface area contributed by atoms with Crippen molar-refractivity contribution in [3.8, 4) is 0 Å². The monoisotopic (exact) mass is 203 g/mol. The number of aromatic nitrogens is 1. The Morgan fingerprint density at radius 3 is 2.47 bits per heavy atom. The molecule has 2 rings (SSSR count). The fourth-order valence-electron chi connectivity index (χ4n) is 1.81. The van der Waals surface area contributed by atoms with Gasteiger partial charge in [-0.25, -0.2) is 4.39 Å². The van der Waals surface area contributed by atoms with Gasteiger partial charge < -0.3 is 0 Å². The number of hydrogen-bond donors (Lipinski definition) is 0. The van der Waals surface area contributed by atoms with E-state index in [1.807, 2.05) is 6.07 Å². The van der Waals surface area contributed by atoms with Crippen LogP contribution in [0.3, 0.4) is 0 Å². The summed E-state index contributed by atoms with van der Waals surface area (Å²) < 4.78 is 13.5. The number of halogens is 1. The Hall–Kier alpha value is -1.44. The van der Waals surface area contributed by atoms with Gasteiger partial charge in [-0.2, -0.15) is 0 Å². The molecule has 0 aliphatic heterocycles. The largest absolute Gasteiger partial charge is 0.264 e. The molecule has 0 bridgehead atoms. The molecule has 1 aromatic carbocycles. The molecular weight excluding hydrogens is 189 g/mol. The second-order valence-electron chi connectivity index (χ2n) is 4.77. The van der Waals surface area contributed by atoms with Crippen molar-refractivity contribution in [2.75, 3.05) is 0 Å². The summed E-state index contributed by atoms with van der Waals surface area (Å²) in [4.78, 5) is 4.06. The van der Waals surface area contributed by atoms with Crippen LogP contribution in [0.2, 0.25) is 0 Å². The predicted molar refractivity (Wildman–Crippen MR) is 60.4 cm³/mol. The zero-order valence-corrected chi connectivity index (χ0v) is 9.21. The summed E-state index contributed by atoms with van der Waals surface area (Å²) in [6.07, 6.45) is 3.36. The lowest BCUT2D eigenvalue weighted by molar-refractivity contribution is 0.591. The molecule has 1 aromatic heterocycles. The Labute approximate surface area is 89.0 Å². The van der Waals surface area contributed by atoms with Crippen molar-refractivity contribution in [2.24, 2.45) is 0 Å². The van der Waals surface area contributed by atoms with Crippen molar-refractivity contribution >= 4 is 10.8 Å². The van der Waals surface area contributed by atoms with Crippen LogP contribution in [0.15, 0.2) is 30.6 Å². The van der Waals surface area contributed by atoms with Crippen LogP contribution in [0.5, 0.6) is 0 Å². The van der Waals surface area contributed by atoms with Gasteiger partial charge in [0, 0.05) is 23.2 Å². The van der Waals surface area contributed by atoms with E-state index in [0.29, 0.717) is 5.39 Å². The summed E-state index contributed by atoms with van der Waals surface area (Å²) >= 11 is 0. The first-order valence-corrected chi connectivity index (χ1v) is 5.03. The van der Waals surface area contributed by atoms with Crippen LogP contribution >= 0.6 is 0 Å². The summed E-state index contributed by atoms with van der Waals surface area (Å²) in [5.74, 6) is -0.180. The maximum Gasteiger partial charge on any atom is 0.131 e. The van der Waals surface area contributed by atoms with Crippen molar-refractivity contribution < 1.29 is 4.39 Å². The van der Waals surface area contributed by atoms with E-state index in [4.69, 9.17) is 0 Å². The maximum absolute atomic E-state index is 13.5. The highest BCUT2D eigenvalue weighted by Gasteiger charge is 2.17. The second-order valence-corrected chi connectivity index (χ2v) is 4.77. The third-order valence-corrected chi connectivity index (χ3v) is 2.57. The van der Waals surface area contributed by atoms with Gasteiger partial charge in [0.25, 0.3) is 0 Å². The third-order valence-electron chi connectivity index (χ3n) is 2.57. The molecule has 0 saturated heterocycles. The Kier molecular flexibility index (Phi) is 2.22. The van der Waals surface area contributed by atoms with Crippen LogP contribution in [0.4, 0.5) is 4.39 Å². The highest BCUT2D eigenvalue weighted by atomic mass is 19.1. The summed E-state index contributed by atoms with van der Waals surface area (Å²) in [5, 5.41) is 1.56. The van der Waals surface area contributed by atoms with Gasteiger partial charge in [0.05, 0.1) is 0 Å². The van der Waals surface area contributed by atoms with Crippen molar-refractivity contribution in [1.29, 1.82) is 0 Å². The minimum atomic E-state index is -0.180. The lowest BCUT2D eigenvalue weighted by Gasteiger charge is -2.21. The van der Waals surface area contributed by atoms with Crippen LogP contribution in [-0.4, -0.2) is 4.98 Å². The van der Waals surface area contributed by atoms with Gasteiger partial charge in [-0.1, -0.05) is 26.8 Å². The van der Waals surface area contributed by atoms with Crippen LogP contribution in [0.1, 0.15) is 26.3 Å². The van der Waals surface area contributed by atoms with Crippen LogP contribution in [-0.2, 0) is 5.41 Å². The fourth-order valence-corrected chi connectivity index (χ4v) is 1.81. The summed E-state index contributed by atoms with van der Waals surface area (Å²) in [7, 11) is 0. The average molecular weight is 203 g/mol. The van der Waals surface area contributed by atoms with Crippen molar-refractivity contribution in [3.63, 3.8) is 0 Å². The second kappa shape index (κ2) is 3.30. The molecule has 0 N–H and O–H groups in total. The molecule has 1 nitrogen and oxygen atoms in total. The number of rotatable bonds is 0. The Balaban J connectivity index is 2.84. The van der Waals surface area contributed by atoms with Crippen molar-refractivity contribution in [1.82, 2.24) is 4.98 Å². The molecule has 0 spiro atoms. The zero-order chi connectivity index (χ0) is 11.1. The molecule has 1 heterocycles. The smallest absolute Gasteiger partial charge is 0.131 e.